The van der Waals surface area contributed by atoms with Crippen LogP contribution in [0.3, 0.4) is 0 Å². The maximum absolute atomic E-state index is 13.2. The summed E-state index contributed by atoms with van der Waals surface area (Å²) in [6.07, 6.45) is -1.02. The van der Waals surface area contributed by atoms with Crippen LogP contribution < -0.4 is 0 Å². The van der Waals surface area contributed by atoms with E-state index in [1.165, 1.54) is 12.1 Å². The molecule has 1 unspecified atom stereocenters. The van der Waals surface area contributed by atoms with Crippen LogP contribution in [0.5, 0.6) is 5.75 Å². The molecule has 1 aliphatic heterocycles. The molecule has 2 nitrogen and oxygen atoms in total. The average Bonchev–Trinajstić information content (AvgIpc) is 2.33. The molecule has 2 rings (SSSR count). The number of hydrogen-bond acceptors (Lipinski definition) is 2. The van der Waals surface area contributed by atoms with Crippen LogP contribution in [0.2, 0.25) is 0 Å². The Hall–Kier alpha value is -1.16. The van der Waals surface area contributed by atoms with Crippen LogP contribution in [0.1, 0.15) is 24.3 Å². The summed E-state index contributed by atoms with van der Waals surface area (Å²) in [6.45, 7) is 1.12. The van der Waals surface area contributed by atoms with E-state index in [9.17, 15) is 13.9 Å². The highest BCUT2D eigenvalue weighted by Gasteiger charge is 2.32. The van der Waals surface area contributed by atoms with Gasteiger partial charge in [0.15, 0.2) is 0 Å². The number of hydrogen-bond donors (Lipinski definition) is 1. The van der Waals surface area contributed by atoms with Crippen LogP contribution in [-0.4, -0.2) is 24.7 Å². The van der Waals surface area contributed by atoms with E-state index in [-0.39, 0.29) is 11.7 Å². The summed E-state index contributed by atoms with van der Waals surface area (Å²) in [5.41, 5.74) is 0.602. The Bertz CT molecular complexity index is 345. The van der Waals surface area contributed by atoms with Crippen LogP contribution in [0, 0.1) is 5.92 Å². The fraction of sp³-hybridized carbons (Fsp3) is 0.538. The molecule has 1 heterocycles. The summed E-state index contributed by atoms with van der Waals surface area (Å²) < 4.78 is 31.5. The second-order valence-corrected chi connectivity index (χ2v) is 4.40. The Kier molecular flexibility index (Phi) is 3.94. The van der Waals surface area contributed by atoms with E-state index in [2.05, 4.69) is 0 Å². The molecule has 4 heteroatoms. The third-order valence-electron chi connectivity index (χ3n) is 3.32. The van der Waals surface area contributed by atoms with Gasteiger partial charge in [-0.1, -0.05) is 12.1 Å². The minimum atomic E-state index is -2.37. The Labute approximate surface area is 99.2 Å². The van der Waals surface area contributed by atoms with Gasteiger partial charge >= 0.3 is 0 Å². The maximum atomic E-state index is 13.2. The van der Waals surface area contributed by atoms with E-state index in [4.69, 9.17) is 4.74 Å². The van der Waals surface area contributed by atoms with Crippen molar-refractivity contribution in [2.24, 2.45) is 5.92 Å². The molecule has 0 bridgehead atoms. The molecule has 1 saturated heterocycles. The van der Waals surface area contributed by atoms with Gasteiger partial charge in [-0.15, -0.1) is 0 Å². The molecule has 1 aromatic rings. The zero-order chi connectivity index (χ0) is 12.3. The first kappa shape index (κ1) is 12.3. The minimum Gasteiger partial charge on any atom is -0.508 e. The third-order valence-corrected chi connectivity index (χ3v) is 3.32. The van der Waals surface area contributed by atoms with E-state index in [0.29, 0.717) is 31.6 Å². The fourth-order valence-corrected chi connectivity index (χ4v) is 2.39. The highest BCUT2D eigenvalue weighted by atomic mass is 19.3. The second kappa shape index (κ2) is 5.45. The van der Waals surface area contributed by atoms with Gasteiger partial charge in [-0.2, -0.15) is 0 Å². The standard InChI is InChI=1S/C13H16F2O2/c14-13(15)12(10-5-7-17-8-6-10)9-1-3-11(16)4-2-9/h1-4,10,12-13,16H,5-8H2. The number of phenols is 1. The predicted octanol–water partition coefficient (Wildman–Crippen LogP) is 3.17. The molecule has 17 heavy (non-hydrogen) atoms. The van der Waals surface area contributed by atoms with Crippen molar-refractivity contribution in [3.63, 3.8) is 0 Å². The molecule has 0 saturated carbocycles. The first-order valence-electron chi connectivity index (χ1n) is 5.83. The number of ether oxygens (including phenoxy) is 1. The van der Waals surface area contributed by atoms with Crippen molar-refractivity contribution in [1.82, 2.24) is 0 Å². The van der Waals surface area contributed by atoms with E-state index in [1.807, 2.05) is 0 Å². The summed E-state index contributed by atoms with van der Waals surface area (Å²) >= 11 is 0. The van der Waals surface area contributed by atoms with Gasteiger partial charge in [0.2, 0.25) is 6.43 Å². The molecular formula is C13H16F2O2. The maximum Gasteiger partial charge on any atom is 0.245 e. The number of rotatable bonds is 3. The van der Waals surface area contributed by atoms with Gasteiger partial charge in [0.25, 0.3) is 0 Å². The molecule has 1 N–H and O–H groups in total. The van der Waals surface area contributed by atoms with E-state index in [1.54, 1.807) is 12.1 Å². The lowest BCUT2D eigenvalue weighted by atomic mass is 9.81. The molecule has 0 aromatic heterocycles. The molecule has 0 aliphatic carbocycles. The quantitative estimate of drug-likeness (QED) is 0.882. The highest BCUT2D eigenvalue weighted by Crippen LogP contribution is 2.37. The van der Waals surface area contributed by atoms with Crippen LogP contribution in [0.25, 0.3) is 0 Å². The first-order chi connectivity index (χ1) is 8.18. The first-order valence-corrected chi connectivity index (χ1v) is 5.83. The third kappa shape index (κ3) is 2.94. The summed E-state index contributed by atoms with van der Waals surface area (Å²) in [5.74, 6) is -0.679. The largest absolute Gasteiger partial charge is 0.508 e. The second-order valence-electron chi connectivity index (χ2n) is 4.40. The van der Waals surface area contributed by atoms with E-state index in [0.717, 1.165) is 0 Å². The van der Waals surface area contributed by atoms with Gasteiger partial charge in [-0.3, -0.25) is 0 Å². The van der Waals surface area contributed by atoms with Crippen molar-refractivity contribution in [2.45, 2.75) is 25.2 Å². The number of benzene rings is 1. The molecule has 1 fully saturated rings. The van der Waals surface area contributed by atoms with Gasteiger partial charge in [0.1, 0.15) is 5.75 Å². The number of alkyl halides is 2. The van der Waals surface area contributed by atoms with Crippen LogP contribution in [0.4, 0.5) is 8.78 Å². The Balaban J connectivity index is 2.18. The van der Waals surface area contributed by atoms with E-state index < -0.39 is 12.3 Å². The lowest BCUT2D eigenvalue weighted by Crippen LogP contribution is -2.26. The number of phenolic OH excluding ortho intramolecular Hbond substituents is 1. The number of halogens is 2. The van der Waals surface area contributed by atoms with Gasteiger partial charge in [0, 0.05) is 19.1 Å². The van der Waals surface area contributed by atoms with Gasteiger partial charge in [-0.05, 0) is 36.5 Å². The molecule has 0 amide bonds. The van der Waals surface area contributed by atoms with Gasteiger partial charge in [0.05, 0.1) is 0 Å². The molecule has 1 aliphatic rings. The van der Waals surface area contributed by atoms with Crippen LogP contribution in [0.15, 0.2) is 24.3 Å². The lowest BCUT2D eigenvalue weighted by molar-refractivity contribution is 0.0186. The smallest absolute Gasteiger partial charge is 0.245 e. The van der Waals surface area contributed by atoms with Crippen molar-refractivity contribution in [2.75, 3.05) is 13.2 Å². The van der Waals surface area contributed by atoms with Crippen LogP contribution >= 0.6 is 0 Å². The molecule has 94 valence electrons. The van der Waals surface area contributed by atoms with E-state index >= 15 is 0 Å². The Morgan fingerprint density at radius 1 is 1.12 bits per heavy atom. The van der Waals surface area contributed by atoms with Crippen molar-refractivity contribution in [3.8, 4) is 5.75 Å². The normalized spacial score (nSPS) is 19.5. The fourth-order valence-electron chi connectivity index (χ4n) is 2.39. The predicted molar refractivity (Wildman–Crippen MR) is 60.4 cm³/mol. The SMILES string of the molecule is Oc1ccc(C(C(F)F)C2CCOCC2)cc1. The van der Waals surface area contributed by atoms with Gasteiger partial charge in [-0.25, -0.2) is 8.78 Å². The molecular weight excluding hydrogens is 226 g/mol. The zero-order valence-electron chi connectivity index (χ0n) is 9.48. The number of aromatic hydroxyl groups is 1. The van der Waals surface area contributed by atoms with Crippen molar-refractivity contribution in [1.29, 1.82) is 0 Å². The molecule has 1 atom stereocenters. The van der Waals surface area contributed by atoms with Gasteiger partial charge < -0.3 is 9.84 Å². The zero-order valence-corrected chi connectivity index (χ0v) is 9.48. The van der Waals surface area contributed by atoms with Crippen LogP contribution in [-0.2, 0) is 4.74 Å². The lowest BCUT2D eigenvalue weighted by Gasteiger charge is -2.30. The average molecular weight is 242 g/mol. The summed E-state index contributed by atoms with van der Waals surface area (Å²) in [6, 6.07) is 6.09. The summed E-state index contributed by atoms with van der Waals surface area (Å²) in [4.78, 5) is 0. The van der Waals surface area contributed by atoms with Crippen molar-refractivity contribution >= 4 is 0 Å². The monoisotopic (exact) mass is 242 g/mol. The Morgan fingerprint density at radius 3 is 2.24 bits per heavy atom. The molecule has 1 aromatic carbocycles. The highest BCUT2D eigenvalue weighted by molar-refractivity contribution is 5.29. The van der Waals surface area contributed by atoms with Crippen molar-refractivity contribution in [3.05, 3.63) is 29.8 Å². The summed E-state index contributed by atoms with van der Waals surface area (Å²) in [5, 5.41) is 9.18. The minimum absolute atomic E-state index is 0.0340. The van der Waals surface area contributed by atoms with Crippen molar-refractivity contribution < 1.29 is 18.6 Å². The molecule has 0 radical (unpaired) electrons. The topological polar surface area (TPSA) is 29.5 Å². The summed E-state index contributed by atoms with van der Waals surface area (Å²) in [7, 11) is 0. The Morgan fingerprint density at radius 2 is 1.71 bits per heavy atom. The molecule has 0 spiro atoms.